The highest BCUT2D eigenvalue weighted by Crippen LogP contribution is 2.37. The largest absolute Gasteiger partial charge is 0.354 e. The van der Waals surface area contributed by atoms with Crippen LogP contribution in [0.5, 0.6) is 0 Å². The Morgan fingerprint density at radius 2 is 1.82 bits per heavy atom. The quantitative estimate of drug-likeness (QED) is 0.499. The van der Waals surface area contributed by atoms with Crippen molar-refractivity contribution in [2.45, 2.75) is 18.9 Å². The summed E-state index contributed by atoms with van der Waals surface area (Å²) in [6.07, 6.45) is 3.40. The highest BCUT2D eigenvalue weighted by atomic mass is 19.1. The summed E-state index contributed by atoms with van der Waals surface area (Å²) in [5.41, 5.74) is 2.67. The van der Waals surface area contributed by atoms with Gasteiger partial charge in [0.2, 0.25) is 0 Å². The Bertz CT molecular complexity index is 1330. The Hall–Kier alpha value is -3.59. The van der Waals surface area contributed by atoms with E-state index >= 15 is 0 Å². The molecule has 2 aliphatic heterocycles. The Kier molecular flexibility index (Phi) is 5.33. The zero-order chi connectivity index (χ0) is 23.1. The number of nitrogens with zero attached hydrogens (tertiary/aromatic N) is 6. The van der Waals surface area contributed by atoms with E-state index in [-0.39, 0.29) is 6.04 Å². The molecule has 6 rings (SSSR count). The molecule has 3 aromatic heterocycles. The Labute approximate surface area is 196 Å². The van der Waals surface area contributed by atoms with Crippen LogP contribution in [-0.4, -0.2) is 52.3 Å². The van der Waals surface area contributed by atoms with E-state index in [1.165, 1.54) is 12.1 Å². The molecule has 1 N–H and O–H groups in total. The molecule has 9 heteroatoms. The lowest BCUT2D eigenvalue weighted by Gasteiger charge is -2.28. The first-order chi connectivity index (χ1) is 16.7. The number of hydrogen-bond donors (Lipinski definition) is 1. The van der Waals surface area contributed by atoms with Gasteiger partial charge in [-0.15, -0.1) is 5.10 Å². The van der Waals surface area contributed by atoms with Crippen LogP contribution in [0.3, 0.4) is 0 Å². The summed E-state index contributed by atoms with van der Waals surface area (Å²) in [7, 11) is 0. The molecule has 5 heterocycles. The second-order valence-corrected chi connectivity index (χ2v) is 8.74. The van der Waals surface area contributed by atoms with Gasteiger partial charge in [-0.25, -0.2) is 23.3 Å². The van der Waals surface area contributed by atoms with Crippen LogP contribution in [-0.2, 0) is 0 Å². The topological polar surface area (TPSA) is 61.6 Å². The molecular weight excluding hydrogens is 436 g/mol. The maximum absolute atomic E-state index is 14.5. The van der Waals surface area contributed by atoms with Gasteiger partial charge in [0.05, 0.1) is 17.9 Å². The fourth-order valence-corrected chi connectivity index (χ4v) is 4.96. The van der Waals surface area contributed by atoms with Crippen molar-refractivity contribution in [3.63, 3.8) is 0 Å². The van der Waals surface area contributed by atoms with Crippen molar-refractivity contribution < 1.29 is 8.78 Å². The van der Waals surface area contributed by atoms with Crippen LogP contribution >= 0.6 is 0 Å². The number of hydrogen-bond acceptors (Lipinski definition) is 6. The monoisotopic (exact) mass is 461 g/mol. The molecule has 0 saturated carbocycles. The van der Waals surface area contributed by atoms with Crippen LogP contribution < -0.4 is 15.1 Å². The predicted octanol–water partition coefficient (Wildman–Crippen LogP) is 3.82. The van der Waals surface area contributed by atoms with Crippen molar-refractivity contribution in [1.82, 2.24) is 24.9 Å². The molecule has 1 unspecified atom stereocenters. The third-order valence-corrected chi connectivity index (χ3v) is 6.65. The molecule has 2 aliphatic rings. The van der Waals surface area contributed by atoms with Crippen molar-refractivity contribution in [3.05, 3.63) is 71.9 Å². The maximum Gasteiger partial charge on any atom is 0.154 e. The van der Waals surface area contributed by atoms with Gasteiger partial charge in [0, 0.05) is 38.3 Å². The van der Waals surface area contributed by atoms with Crippen LogP contribution in [0.25, 0.3) is 17.0 Å². The minimum absolute atomic E-state index is 0.262. The molecule has 7 nitrogen and oxygen atoms in total. The molecule has 1 atom stereocenters. The van der Waals surface area contributed by atoms with E-state index < -0.39 is 11.6 Å². The molecule has 0 amide bonds. The van der Waals surface area contributed by atoms with E-state index in [0.29, 0.717) is 17.0 Å². The van der Waals surface area contributed by atoms with Gasteiger partial charge >= 0.3 is 0 Å². The number of rotatable bonds is 4. The number of anilines is 2. The Morgan fingerprint density at radius 3 is 2.71 bits per heavy atom. The molecule has 174 valence electrons. The van der Waals surface area contributed by atoms with E-state index in [0.717, 1.165) is 68.8 Å². The molecule has 2 saturated heterocycles. The van der Waals surface area contributed by atoms with Crippen LogP contribution in [0.4, 0.5) is 20.4 Å². The van der Waals surface area contributed by atoms with Gasteiger partial charge in [-0.1, -0.05) is 6.07 Å². The average Bonchev–Trinajstić information content (AvgIpc) is 3.53. The fraction of sp³-hybridized carbons (Fsp3) is 0.320. The number of imidazole rings is 1. The predicted molar refractivity (Wildman–Crippen MR) is 127 cm³/mol. The van der Waals surface area contributed by atoms with Crippen molar-refractivity contribution in [1.29, 1.82) is 0 Å². The number of pyridine rings is 1. The van der Waals surface area contributed by atoms with E-state index in [1.807, 2.05) is 35.2 Å². The highest BCUT2D eigenvalue weighted by molar-refractivity contribution is 5.62. The molecule has 34 heavy (non-hydrogen) atoms. The van der Waals surface area contributed by atoms with E-state index in [1.54, 1.807) is 10.7 Å². The lowest BCUT2D eigenvalue weighted by molar-refractivity contribution is 0.559. The first kappa shape index (κ1) is 21.0. The molecule has 0 radical (unpaired) electrons. The van der Waals surface area contributed by atoms with Gasteiger partial charge in [-0.05, 0) is 55.3 Å². The second kappa shape index (κ2) is 8.64. The smallest absolute Gasteiger partial charge is 0.154 e. The summed E-state index contributed by atoms with van der Waals surface area (Å²) in [4.78, 5) is 13.7. The van der Waals surface area contributed by atoms with Crippen molar-refractivity contribution >= 4 is 17.3 Å². The Morgan fingerprint density at radius 1 is 0.941 bits per heavy atom. The fourth-order valence-electron chi connectivity index (χ4n) is 4.96. The standard InChI is InChI=1S/C25H25F2N7/c26-17-6-7-19(27)18(15-17)21-4-2-12-33(21)25-9-8-23-29-16-22(34(23)31-25)20-3-1-5-24(30-20)32-13-10-28-11-14-32/h1,3,5-9,15-16,21,28H,2,4,10-14H2. The van der Waals surface area contributed by atoms with Crippen molar-refractivity contribution in [2.75, 3.05) is 42.5 Å². The lowest BCUT2D eigenvalue weighted by atomic mass is 10.0. The highest BCUT2D eigenvalue weighted by Gasteiger charge is 2.30. The number of fused-ring (bicyclic) bond motifs is 1. The van der Waals surface area contributed by atoms with Gasteiger partial charge in [-0.3, -0.25) is 0 Å². The van der Waals surface area contributed by atoms with Crippen molar-refractivity contribution in [2.24, 2.45) is 0 Å². The lowest BCUT2D eigenvalue weighted by Crippen LogP contribution is -2.43. The molecule has 0 aliphatic carbocycles. The molecule has 2 fully saturated rings. The number of piperazine rings is 1. The third-order valence-electron chi connectivity index (χ3n) is 6.65. The van der Waals surface area contributed by atoms with Crippen molar-refractivity contribution in [3.8, 4) is 11.4 Å². The van der Waals surface area contributed by atoms with Gasteiger partial charge in [-0.2, -0.15) is 0 Å². The van der Waals surface area contributed by atoms with E-state index in [9.17, 15) is 8.78 Å². The molecule has 4 aromatic rings. The van der Waals surface area contributed by atoms with E-state index in [4.69, 9.17) is 10.1 Å². The molecule has 1 aromatic carbocycles. The Balaban J connectivity index is 1.36. The molecule has 0 bridgehead atoms. The number of halogens is 2. The van der Waals surface area contributed by atoms with E-state index in [2.05, 4.69) is 15.2 Å². The van der Waals surface area contributed by atoms with Crippen LogP contribution in [0.2, 0.25) is 0 Å². The van der Waals surface area contributed by atoms with Crippen LogP contribution in [0.15, 0.2) is 54.7 Å². The summed E-state index contributed by atoms with van der Waals surface area (Å²) in [5, 5.41) is 8.23. The van der Waals surface area contributed by atoms with Gasteiger partial charge in [0.25, 0.3) is 0 Å². The molecular formula is C25H25F2N7. The summed E-state index contributed by atoms with van der Waals surface area (Å²) >= 11 is 0. The van der Waals surface area contributed by atoms with Gasteiger partial charge in [0.1, 0.15) is 29.0 Å². The summed E-state index contributed by atoms with van der Waals surface area (Å²) in [5.74, 6) is 0.818. The third kappa shape index (κ3) is 3.75. The van der Waals surface area contributed by atoms with Crippen LogP contribution in [0.1, 0.15) is 24.4 Å². The second-order valence-electron chi connectivity index (χ2n) is 8.74. The number of benzene rings is 1. The summed E-state index contributed by atoms with van der Waals surface area (Å²) < 4.78 is 30.2. The minimum atomic E-state index is -0.431. The first-order valence-electron chi connectivity index (χ1n) is 11.7. The first-order valence-corrected chi connectivity index (χ1v) is 11.7. The number of nitrogens with one attached hydrogen (secondary N) is 1. The summed E-state index contributed by atoms with van der Waals surface area (Å²) in [6.45, 7) is 4.43. The zero-order valence-corrected chi connectivity index (χ0v) is 18.7. The SMILES string of the molecule is Fc1ccc(F)c(C2CCCN2c2ccc3ncc(-c4cccc(N5CCNCC5)n4)n3n2)c1. The number of aromatic nitrogens is 4. The molecule has 0 spiro atoms. The minimum Gasteiger partial charge on any atom is -0.354 e. The zero-order valence-electron chi connectivity index (χ0n) is 18.7. The van der Waals surface area contributed by atoms with Gasteiger partial charge in [0.15, 0.2) is 5.65 Å². The normalized spacial score (nSPS) is 18.7. The maximum atomic E-state index is 14.5. The average molecular weight is 462 g/mol. The van der Waals surface area contributed by atoms with Crippen LogP contribution in [0, 0.1) is 11.6 Å². The summed E-state index contributed by atoms with van der Waals surface area (Å²) in [6, 6.07) is 13.2. The van der Waals surface area contributed by atoms with Gasteiger partial charge < -0.3 is 15.1 Å².